The summed E-state index contributed by atoms with van der Waals surface area (Å²) < 4.78 is 0. The summed E-state index contributed by atoms with van der Waals surface area (Å²) in [5, 5.41) is 11.4. The highest BCUT2D eigenvalue weighted by Gasteiger charge is 2.18. The molecule has 0 radical (unpaired) electrons. The fourth-order valence-corrected chi connectivity index (χ4v) is 2.41. The number of benzene rings is 1. The van der Waals surface area contributed by atoms with Gasteiger partial charge in [-0.3, -0.25) is 4.79 Å². The number of carbonyl (C=O) groups is 2. The van der Waals surface area contributed by atoms with Gasteiger partial charge in [-0.15, -0.1) is 0 Å². The van der Waals surface area contributed by atoms with E-state index in [0.29, 0.717) is 11.5 Å². The monoisotopic (exact) mass is 282 g/mol. The van der Waals surface area contributed by atoms with E-state index in [1.807, 2.05) is 31.2 Å². The van der Waals surface area contributed by atoms with Crippen LogP contribution in [0.5, 0.6) is 0 Å². The van der Waals surface area contributed by atoms with Gasteiger partial charge in [-0.1, -0.05) is 29.8 Å². The molecular formula is C13H18N2O3S. The number of amides is 1. The van der Waals surface area contributed by atoms with Gasteiger partial charge in [-0.25, -0.2) is 4.79 Å². The van der Waals surface area contributed by atoms with Crippen LogP contribution in [0.2, 0.25) is 0 Å². The number of aliphatic carboxylic acids is 1. The Hall–Kier alpha value is -1.53. The molecule has 0 aliphatic carbocycles. The van der Waals surface area contributed by atoms with Crippen molar-refractivity contribution in [1.29, 1.82) is 0 Å². The lowest BCUT2D eigenvalue weighted by Crippen LogP contribution is -2.45. The van der Waals surface area contributed by atoms with Crippen molar-refractivity contribution in [3.63, 3.8) is 0 Å². The van der Waals surface area contributed by atoms with E-state index in [9.17, 15) is 9.59 Å². The summed E-state index contributed by atoms with van der Waals surface area (Å²) in [7, 11) is 0. The van der Waals surface area contributed by atoms with E-state index < -0.39 is 17.9 Å². The van der Waals surface area contributed by atoms with Gasteiger partial charge < -0.3 is 16.2 Å². The normalized spacial score (nSPS) is 11.9. The van der Waals surface area contributed by atoms with Crippen LogP contribution in [0.15, 0.2) is 24.3 Å². The molecule has 0 spiro atoms. The van der Waals surface area contributed by atoms with E-state index in [1.165, 1.54) is 17.3 Å². The van der Waals surface area contributed by atoms with Crippen molar-refractivity contribution in [3.8, 4) is 0 Å². The fourth-order valence-electron chi connectivity index (χ4n) is 1.41. The van der Waals surface area contributed by atoms with Gasteiger partial charge in [0.05, 0.1) is 6.54 Å². The van der Waals surface area contributed by atoms with Crippen LogP contribution in [0, 0.1) is 6.92 Å². The summed E-state index contributed by atoms with van der Waals surface area (Å²) >= 11 is 1.46. The molecule has 0 aromatic heterocycles. The summed E-state index contributed by atoms with van der Waals surface area (Å²) in [6.07, 6.45) is 0. The molecule has 5 nitrogen and oxygen atoms in total. The summed E-state index contributed by atoms with van der Waals surface area (Å²) in [5.41, 5.74) is 7.46. The van der Waals surface area contributed by atoms with Gasteiger partial charge in [0.1, 0.15) is 6.04 Å². The number of nitrogens with two attached hydrogens (primary N) is 1. The van der Waals surface area contributed by atoms with E-state index in [0.717, 1.165) is 5.56 Å². The number of thioether (sulfide) groups is 1. The maximum Gasteiger partial charge on any atom is 0.327 e. The van der Waals surface area contributed by atoms with Gasteiger partial charge in [0.15, 0.2) is 0 Å². The molecule has 4 N–H and O–H groups in total. The molecule has 1 rings (SSSR count). The zero-order valence-electron chi connectivity index (χ0n) is 10.8. The van der Waals surface area contributed by atoms with Crippen molar-refractivity contribution >= 4 is 23.6 Å². The van der Waals surface area contributed by atoms with Crippen LogP contribution in [-0.2, 0) is 15.3 Å². The molecule has 104 valence electrons. The topological polar surface area (TPSA) is 92.4 Å². The number of carboxylic acid groups (broad SMARTS) is 1. The summed E-state index contributed by atoms with van der Waals surface area (Å²) in [6.45, 7) is 1.81. The predicted molar refractivity (Wildman–Crippen MR) is 76.0 cm³/mol. The first-order valence-electron chi connectivity index (χ1n) is 5.88. The van der Waals surface area contributed by atoms with Gasteiger partial charge >= 0.3 is 5.97 Å². The van der Waals surface area contributed by atoms with E-state index in [-0.39, 0.29) is 6.54 Å². The molecule has 0 unspecified atom stereocenters. The lowest BCUT2D eigenvalue weighted by atomic mass is 10.2. The van der Waals surface area contributed by atoms with Crippen LogP contribution in [-0.4, -0.2) is 35.3 Å². The Kier molecular flexibility index (Phi) is 6.38. The van der Waals surface area contributed by atoms with E-state index in [4.69, 9.17) is 10.8 Å². The Morgan fingerprint density at radius 3 is 2.53 bits per heavy atom. The quantitative estimate of drug-likeness (QED) is 0.686. The fraction of sp³-hybridized carbons (Fsp3) is 0.385. The van der Waals surface area contributed by atoms with Crippen molar-refractivity contribution in [1.82, 2.24) is 5.32 Å². The zero-order valence-corrected chi connectivity index (χ0v) is 11.6. The molecule has 0 bridgehead atoms. The minimum Gasteiger partial charge on any atom is -0.480 e. The Balaban J connectivity index is 2.42. The standard InChI is InChI=1S/C13H18N2O3S/c1-9-2-4-10(5-3-9)7-19-8-11(13(17)18)15-12(16)6-14/h2-5,11H,6-8,14H2,1H3,(H,15,16)(H,17,18)/t11-/m1/s1. The smallest absolute Gasteiger partial charge is 0.327 e. The molecule has 6 heteroatoms. The van der Waals surface area contributed by atoms with Gasteiger partial charge in [0, 0.05) is 11.5 Å². The minimum absolute atomic E-state index is 0.202. The summed E-state index contributed by atoms with van der Waals surface area (Å²) in [5.74, 6) is -0.473. The third kappa shape index (κ3) is 5.76. The zero-order chi connectivity index (χ0) is 14.3. The number of rotatable bonds is 7. The second-order valence-electron chi connectivity index (χ2n) is 4.16. The highest BCUT2D eigenvalue weighted by molar-refractivity contribution is 7.98. The number of carbonyl (C=O) groups excluding carboxylic acids is 1. The number of hydrogen-bond donors (Lipinski definition) is 3. The molecule has 0 heterocycles. The largest absolute Gasteiger partial charge is 0.480 e. The number of hydrogen-bond acceptors (Lipinski definition) is 4. The Morgan fingerprint density at radius 2 is 2.00 bits per heavy atom. The summed E-state index contributed by atoms with van der Waals surface area (Å²) in [6, 6.07) is 7.15. The molecule has 1 aromatic carbocycles. The number of nitrogens with one attached hydrogen (secondary N) is 1. The molecule has 1 atom stereocenters. The SMILES string of the molecule is Cc1ccc(CSC[C@@H](NC(=O)CN)C(=O)O)cc1. The number of carboxylic acids is 1. The minimum atomic E-state index is -1.04. The predicted octanol–water partition coefficient (Wildman–Crippen LogP) is 0.756. The van der Waals surface area contributed by atoms with Crippen LogP contribution < -0.4 is 11.1 Å². The van der Waals surface area contributed by atoms with Crippen molar-refractivity contribution in [2.45, 2.75) is 18.7 Å². The van der Waals surface area contributed by atoms with Gasteiger partial charge in [0.2, 0.25) is 5.91 Å². The van der Waals surface area contributed by atoms with Crippen LogP contribution in [0.1, 0.15) is 11.1 Å². The van der Waals surface area contributed by atoms with E-state index in [2.05, 4.69) is 5.32 Å². The Morgan fingerprint density at radius 1 is 1.37 bits per heavy atom. The Bertz CT molecular complexity index is 434. The molecule has 1 aromatic rings. The van der Waals surface area contributed by atoms with Gasteiger partial charge in [-0.2, -0.15) is 11.8 Å². The molecule has 0 aliphatic heterocycles. The van der Waals surface area contributed by atoms with Crippen LogP contribution in [0.25, 0.3) is 0 Å². The first-order chi connectivity index (χ1) is 9.02. The third-order valence-corrected chi connectivity index (χ3v) is 3.60. The molecule has 19 heavy (non-hydrogen) atoms. The highest BCUT2D eigenvalue weighted by Crippen LogP contribution is 2.14. The molecule has 0 fully saturated rings. The Labute approximate surface area is 116 Å². The number of aryl methyl sites for hydroxylation is 1. The van der Waals surface area contributed by atoms with Crippen molar-refractivity contribution in [2.24, 2.45) is 5.73 Å². The molecule has 1 amide bonds. The van der Waals surface area contributed by atoms with E-state index in [1.54, 1.807) is 0 Å². The maximum atomic E-state index is 11.1. The van der Waals surface area contributed by atoms with Crippen LogP contribution >= 0.6 is 11.8 Å². The van der Waals surface area contributed by atoms with Crippen molar-refractivity contribution < 1.29 is 14.7 Å². The first-order valence-corrected chi connectivity index (χ1v) is 7.04. The van der Waals surface area contributed by atoms with Crippen LogP contribution in [0.3, 0.4) is 0 Å². The first kappa shape index (κ1) is 15.5. The second kappa shape index (κ2) is 7.81. The van der Waals surface area contributed by atoms with Crippen molar-refractivity contribution in [3.05, 3.63) is 35.4 Å². The maximum absolute atomic E-state index is 11.1. The third-order valence-electron chi connectivity index (χ3n) is 2.49. The molecule has 0 saturated heterocycles. The molecule has 0 aliphatic rings. The highest BCUT2D eigenvalue weighted by atomic mass is 32.2. The lowest BCUT2D eigenvalue weighted by molar-refractivity contribution is -0.140. The van der Waals surface area contributed by atoms with Gasteiger partial charge in [0.25, 0.3) is 0 Å². The lowest BCUT2D eigenvalue weighted by Gasteiger charge is -2.13. The van der Waals surface area contributed by atoms with E-state index >= 15 is 0 Å². The molecule has 0 saturated carbocycles. The van der Waals surface area contributed by atoms with Crippen molar-refractivity contribution in [2.75, 3.05) is 12.3 Å². The average Bonchev–Trinajstić information content (AvgIpc) is 2.39. The summed E-state index contributed by atoms with van der Waals surface area (Å²) in [4.78, 5) is 22.1. The second-order valence-corrected chi connectivity index (χ2v) is 5.19. The van der Waals surface area contributed by atoms with Gasteiger partial charge in [-0.05, 0) is 12.5 Å². The molecular weight excluding hydrogens is 264 g/mol. The average molecular weight is 282 g/mol. The van der Waals surface area contributed by atoms with Crippen LogP contribution in [0.4, 0.5) is 0 Å².